The number of para-hydroxylation sites is 1. The normalized spacial score (nSPS) is 12.9. The summed E-state index contributed by atoms with van der Waals surface area (Å²) >= 11 is 0. The van der Waals surface area contributed by atoms with E-state index in [1.807, 2.05) is 24.4 Å². The first-order valence-electron chi connectivity index (χ1n) is 6.35. The summed E-state index contributed by atoms with van der Waals surface area (Å²) < 4.78 is 2.37. The van der Waals surface area contributed by atoms with Crippen LogP contribution >= 0.6 is 0 Å². The second-order valence-electron chi connectivity index (χ2n) is 6.40. The smallest absolute Gasteiger partial charge is 0.161 e. The van der Waals surface area contributed by atoms with Crippen LogP contribution in [0.4, 0.5) is 0 Å². The van der Waals surface area contributed by atoms with Crippen LogP contribution in [-0.2, 0) is 0 Å². The van der Waals surface area contributed by atoms with Gasteiger partial charge in [0.2, 0.25) is 0 Å². The molecule has 3 heteroatoms. The summed E-state index contributed by atoms with van der Waals surface area (Å²) in [5, 5.41) is 1.31. The van der Waals surface area contributed by atoms with E-state index in [1.54, 1.807) is 0 Å². The van der Waals surface area contributed by atoms with Crippen molar-refractivity contribution in [3.05, 3.63) is 36.0 Å². The summed E-state index contributed by atoms with van der Waals surface area (Å²) in [6.45, 7) is 11.6. The van der Waals surface area contributed by atoms with Gasteiger partial charge in [-0.2, -0.15) is 0 Å². The molecule has 0 unspecified atom stereocenters. The lowest BCUT2D eigenvalue weighted by atomic mass is 10.2. The van der Waals surface area contributed by atoms with E-state index in [0.29, 0.717) is 0 Å². The molecule has 0 fully saturated rings. The summed E-state index contributed by atoms with van der Waals surface area (Å²) in [7, 11) is -1.68. The zero-order valence-corrected chi connectivity index (χ0v) is 12.8. The molecule has 0 spiro atoms. The Bertz CT molecular complexity index is 590. The van der Waals surface area contributed by atoms with Crippen LogP contribution in [0, 0.1) is 0 Å². The standard InChI is InChI=1S/C15H21NOSi/c1-15(2,3)18(4,5)16-10-12(11-17)13-8-6-7-9-14(13)16/h6-11H,1-5H3. The van der Waals surface area contributed by atoms with Crippen LogP contribution in [0.25, 0.3) is 10.9 Å². The van der Waals surface area contributed by atoms with Crippen molar-refractivity contribution in [2.24, 2.45) is 0 Å². The fourth-order valence-corrected chi connectivity index (χ4v) is 4.11. The summed E-state index contributed by atoms with van der Waals surface area (Å²) in [6.07, 6.45) is 3.00. The maximum atomic E-state index is 11.2. The average molecular weight is 259 g/mol. The van der Waals surface area contributed by atoms with Crippen LogP contribution in [0.15, 0.2) is 30.5 Å². The van der Waals surface area contributed by atoms with Gasteiger partial charge in [-0.3, -0.25) is 4.79 Å². The summed E-state index contributed by atoms with van der Waals surface area (Å²) in [5.41, 5.74) is 1.99. The van der Waals surface area contributed by atoms with Gasteiger partial charge in [0.05, 0.1) is 0 Å². The maximum Gasteiger partial charge on any atom is 0.161 e. The second kappa shape index (κ2) is 4.09. The number of fused-ring (bicyclic) bond motifs is 1. The van der Waals surface area contributed by atoms with Crippen molar-refractivity contribution in [2.75, 3.05) is 0 Å². The lowest BCUT2D eigenvalue weighted by Gasteiger charge is -2.38. The molecule has 0 radical (unpaired) electrons. The molecule has 0 saturated carbocycles. The highest BCUT2D eigenvalue weighted by atomic mass is 28.3. The second-order valence-corrected chi connectivity index (χ2v) is 11.5. The van der Waals surface area contributed by atoms with Crippen LogP contribution < -0.4 is 0 Å². The third-order valence-electron chi connectivity index (χ3n) is 4.31. The zero-order chi connectivity index (χ0) is 13.6. The van der Waals surface area contributed by atoms with E-state index in [1.165, 1.54) is 5.52 Å². The first-order valence-corrected chi connectivity index (χ1v) is 9.29. The van der Waals surface area contributed by atoms with Crippen molar-refractivity contribution in [2.45, 2.75) is 38.9 Å². The Labute approximate surface area is 110 Å². The van der Waals surface area contributed by atoms with Gasteiger partial charge >= 0.3 is 0 Å². The molecule has 18 heavy (non-hydrogen) atoms. The maximum absolute atomic E-state index is 11.2. The molecule has 0 N–H and O–H groups in total. The minimum absolute atomic E-state index is 0.245. The molecule has 1 heterocycles. The van der Waals surface area contributed by atoms with Crippen molar-refractivity contribution >= 4 is 25.4 Å². The quantitative estimate of drug-likeness (QED) is 0.582. The van der Waals surface area contributed by atoms with Crippen LogP contribution in [0.1, 0.15) is 31.1 Å². The van der Waals surface area contributed by atoms with E-state index < -0.39 is 8.24 Å². The number of benzene rings is 1. The van der Waals surface area contributed by atoms with Crippen molar-refractivity contribution in [3.8, 4) is 0 Å². The van der Waals surface area contributed by atoms with E-state index >= 15 is 0 Å². The number of rotatable bonds is 2. The molecular formula is C15H21NOSi. The molecule has 2 aromatic rings. The predicted octanol–water partition coefficient (Wildman–Crippen LogP) is 4.31. The van der Waals surface area contributed by atoms with Gasteiger partial charge in [0.15, 0.2) is 14.5 Å². The molecule has 1 aromatic heterocycles. The Kier molecular flexibility index (Phi) is 2.97. The monoisotopic (exact) mass is 259 g/mol. The van der Waals surface area contributed by atoms with Gasteiger partial charge in [0.1, 0.15) is 0 Å². The largest absolute Gasteiger partial charge is 0.373 e. The Morgan fingerprint density at radius 2 is 1.78 bits per heavy atom. The van der Waals surface area contributed by atoms with E-state index in [4.69, 9.17) is 0 Å². The van der Waals surface area contributed by atoms with Crippen molar-refractivity contribution in [3.63, 3.8) is 0 Å². The number of carbonyl (C=O) groups excluding carboxylic acids is 1. The zero-order valence-electron chi connectivity index (χ0n) is 11.8. The summed E-state index contributed by atoms with van der Waals surface area (Å²) in [4.78, 5) is 11.2. The fourth-order valence-electron chi connectivity index (χ4n) is 2.12. The molecule has 1 aromatic carbocycles. The minimum atomic E-state index is -1.68. The Balaban J connectivity index is 2.77. The first-order chi connectivity index (χ1) is 8.29. The van der Waals surface area contributed by atoms with E-state index in [-0.39, 0.29) is 5.04 Å². The van der Waals surface area contributed by atoms with Gasteiger partial charge in [0, 0.05) is 22.7 Å². The molecule has 96 valence electrons. The Hall–Kier alpha value is -1.35. The van der Waals surface area contributed by atoms with E-state index in [0.717, 1.165) is 17.2 Å². The number of carbonyl (C=O) groups is 1. The van der Waals surface area contributed by atoms with Gasteiger partial charge in [-0.1, -0.05) is 52.1 Å². The molecule has 0 aliphatic carbocycles. The van der Waals surface area contributed by atoms with Gasteiger partial charge in [-0.05, 0) is 11.1 Å². The number of hydrogen-bond donors (Lipinski definition) is 0. The number of nitrogens with zero attached hydrogens (tertiary/aromatic N) is 1. The van der Waals surface area contributed by atoms with Crippen LogP contribution in [0.5, 0.6) is 0 Å². The van der Waals surface area contributed by atoms with Gasteiger partial charge < -0.3 is 4.23 Å². The third kappa shape index (κ3) is 1.83. The molecular weight excluding hydrogens is 238 g/mol. The van der Waals surface area contributed by atoms with Crippen molar-refractivity contribution < 1.29 is 4.79 Å². The molecule has 0 amide bonds. The molecule has 2 rings (SSSR count). The topological polar surface area (TPSA) is 22.0 Å². The lowest BCUT2D eigenvalue weighted by Crippen LogP contribution is -2.44. The number of aldehydes is 1. The third-order valence-corrected chi connectivity index (χ3v) is 9.55. The summed E-state index contributed by atoms with van der Waals surface area (Å²) in [6, 6.07) is 8.18. The highest BCUT2D eigenvalue weighted by Gasteiger charge is 2.38. The summed E-state index contributed by atoms with van der Waals surface area (Å²) in [5.74, 6) is 0. The van der Waals surface area contributed by atoms with Crippen LogP contribution in [-0.4, -0.2) is 18.8 Å². The molecule has 2 nitrogen and oxygen atoms in total. The molecule has 0 saturated heterocycles. The lowest BCUT2D eigenvalue weighted by molar-refractivity contribution is 0.112. The molecule has 0 bridgehead atoms. The van der Waals surface area contributed by atoms with E-state index in [2.05, 4.69) is 44.2 Å². The van der Waals surface area contributed by atoms with Gasteiger partial charge in [-0.15, -0.1) is 0 Å². The minimum Gasteiger partial charge on any atom is -0.373 e. The highest BCUT2D eigenvalue weighted by molar-refractivity contribution is 6.79. The van der Waals surface area contributed by atoms with Gasteiger partial charge in [0.25, 0.3) is 0 Å². The predicted molar refractivity (Wildman–Crippen MR) is 79.9 cm³/mol. The number of hydrogen-bond acceptors (Lipinski definition) is 1. The molecule has 0 aliphatic rings. The van der Waals surface area contributed by atoms with Crippen LogP contribution in [0.3, 0.4) is 0 Å². The van der Waals surface area contributed by atoms with E-state index in [9.17, 15) is 4.79 Å². The fraction of sp³-hybridized carbons (Fsp3) is 0.400. The van der Waals surface area contributed by atoms with Gasteiger partial charge in [-0.25, -0.2) is 0 Å². The Morgan fingerprint density at radius 1 is 1.17 bits per heavy atom. The molecule has 0 atom stereocenters. The van der Waals surface area contributed by atoms with Crippen molar-refractivity contribution in [1.29, 1.82) is 0 Å². The first kappa shape index (κ1) is 13.1. The average Bonchev–Trinajstić information content (AvgIpc) is 2.66. The Morgan fingerprint density at radius 3 is 2.33 bits per heavy atom. The number of aromatic nitrogens is 1. The van der Waals surface area contributed by atoms with Crippen LogP contribution in [0.2, 0.25) is 18.1 Å². The van der Waals surface area contributed by atoms with Crippen molar-refractivity contribution in [1.82, 2.24) is 4.23 Å². The molecule has 0 aliphatic heterocycles. The highest BCUT2D eigenvalue weighted by Crippen LogP contribution is 2.39. The SMILES string of the molecule is CC(C)(C)[Si](C)(C)n1cc(C=O)c2ccccc21.